The molecular weight excluding hydrogens is 1740 g/mol. The molecule has 0 aliphatic heterocycles. The highest BCUT2D eigenvalue weighted by molar-refractivity contribution is 7.90. The van der Waals surface area contributed by atoms with E-state index in [0.29, 0.717) is 138 Å². The number of carboxylic acid groups (broad SMARTS) is 2. The van der Waals surface area contributed by atoms with Crippen molar-refractivity contribution in [2.75, 3.05) is 104 Å². The van der Waals surface area contributed by atoms with E-state index in [4.69, 9.17) is 22.6 Å². The molecule has 4 heterocycles. The minimum absolute atomic E-state index is 0. The van der Waals surface area contributed by atoms with Crippen molar-refractivity contribution in [2.24, 2.45) is 0 Å². The predicted octanol–water partition coefficient (Wildman–Crippen LogP) is 5.50. The topological polar surface area (TPSA) is 567 Å². The van der Waals surface area contributed by atoms with E-state index < -0.39 is 91.6 Å². The first-order chi connectivity index (χ1) is 63.2. The molecule has 0 fully saturated rings. The zero-order valence-corrected chi connectivity index (χ0v) is 74.8. The number of pyridine rings is 2. The Labute approximate surface area is 755 Å². The molecule has 17 N–H and O–H groups in total. The van der Waals surface area contributed by atoms with Crippen LogP contribution in [-0.2, 0) is 94.1 Å². The van der Waals surface area contributed by atoms with Gasteiger partial charge in [-0.2, -0.15) is 9.44 Å². The molecule has 2 atom stereocenters. The number of H-pyrrole nitrogens is 2. The number of amides is 8. The summed E-state index contributed by atoms with van der Waals surface area (Å²) in [5.41, 5.74) is 3.43. The highest BCUT2D eigenvalue weighted by atomic mass is 32.2. The number of sulfonamides is 2. The van der Waals surface area contributed by atoms with E-state index in [1.165, 1.54) is 12.4 Å². The molecule has 714 valence electrons. The molecule has 0 spiro atoms. The van der Waals surface area contributed by atoms with E-state index in [2.05, 4.69) is 84.0 Å². The highest BCUT2D eigenvalue weighted by Gasteiger charge is 2.32. The van der Waals surface area contributed by atoms with Crippen LogP contribution in [0.5, 0.6) is 0 Å². The number of nitrogens with zero attached hydrogens (tertiary/aromatic N) is 4. The quantitative estimate of drug-likeness (QED) is 0.0165. The standard InChI is InChI=1S/C83H109N19O20S2.2CH3F.CH4.FH.H2/c1-51-39-53(3)75(54(4)40-51)123(117,118)99-64(80(113)114)47-95-77(110)61-49-101(66-43-57(13-15-59(66)73(61)108)45-97-82-91-29-30-92-82)33-7-23-85-69(104)19-21-71(106)88-26-10-36-121-35-9-25-87-68(103)18-17-63(84)79(112)90-28-12-38-122-37-11-27-89-72(107)22-20-70(105)86-24-8-34-102-50-62(74(109)60-16-14-58(44-67(60)102)46-98-83-93-31-32-94-83)78(111)96-48-65(81(115)116)100-124(119,120)76-55(5)41-52(2)42-56(76)6;2*1-2;;;/h13-16,29-32,39-44,49-50,64-65,84,99-100H,7-12,17-28,33-38,45-48H2,1-6H3,(H,85,104)(H,86,105)(H,87,103)(H,88,106)(H,89,107)(H,90,112)(H,95,110)(H,96,111)(H,113,114)(H,115,116)(H2,91,92,97)(H2,93,94,98);2*1H3;1H4;2*1H/t64-,65?;;;;;/m0...../s1/i;;;;;1+2T/hT. The molecule has 0 saturated heterocycles. The zero-order valence-electron chi connectivity index (χ0n) is 76.2. The molecule has 8 amide bonds. The molecular formula is C86H122F3N19O20S2. The Hall–Kier alpha value is -12.8. The summed E-state index contributed by atoms with van der Waals surface area (Å²) in [6, 6.07) is 13.1. The van der Waals surface area contributed by atoms with Gasteiger partial charge in [0.15, 0.2) is 11.9 Å². The number of carboxylic acids is 2. The summed E-state index contributed by atoms with van der Waals surface area (Å²) in [5.74, 6) is -6.43. The van der Waals surface area contributed by atoms with Gasteiger partial charge in [-0.15, -0.1) is 0 Å². The Morgan fingerprint density at radius 3 is 1.12 bits per heavy atom. The number of fused-ring (bicyclic) bond motifs is 2. The minimum atomic E-state index is -4.37. The number of nitrogens with one attached hydrogen (secondary N) is 15. The Morgan fingerprint density at radius 2 is 0.808 bits per heavy atom. The number of aromatic nitrogens is 6. The van der Waals surface area contributed by atoms with E-state index in [-0.39, 0.29) is 159 Å². The zero-order chi connectivity index (χ0) is 98.0. The number of hydrogen-bond acceptors (Lipinski definition) is 23. The summed E-state index contributed by atoms with van der Waals surface area (Å²) in [5, 5.41) is 56.1. The SMILES string of the molecule is C.CF.CF.Cc1cc(C)c(S(=O)(=O)NC(CNC(=O)c2cn(CCCNC(=O)CCC(=O)NCCCOCCCNC(=O)C(=N)CCC(=O)NCCCOCCCNC(=O)CCC(=O)NCCCn3cc(C(=O)NC[C@H](NS(=O)(=O)c4c(C)cc(C)cc4C)C(=O)O)c(=O)c4ccc(CNc5ncc[nH]5)cc43)c3cc(CNc4ncc[nH]4)ccc3c2=O)C(=O)O)c(C)c1.[3H]F.[3H][3H]. The first-order valence-corrected chi connectivity index (χ1v) is 44.3. The number of hydrogen-bond donors (Lipinski definition) is 17. The van der Waals surface area contributed by atoms with Crippen molar-refractivity contribution in [1.29, 1.82) is 6.86 Å². The van der Waals surface area contributed by atoms with Crippen molar-refractivity contribution in [1.82, 2.24) is 81.0 Å². The van der Waals surface area contributed by atoms with E-state index in [9.17, 15) is 93.4 Å². The normalized spacial score (nSPS) is 11.6. The van der Waals surface area contributed by atoms with Gasteiger partial charge in [0.25, 0.3) is 19.2 Å². The van der Waals surface area contributed by atoms with Crippen LogP contribution < -0.4 is 73.5 Å². The van der Waals surface area contributed by atoms with Crippen LogP contribution in [0.1, 0.15) is 153 Å². The number of benzene rings is 4. The molecule has 0 radical (unpaired) electrons. The third kappa shape index (κ3) is 35.3. The Balaban J connectivity index is 0.00000492. The summed E-state index contributed by atoms with van der Waals surface area (Å²) in [4.78, 5) is 170. The van der Waals surface area contributed by atoms with Gasteiger partial charge in [0, 0.05) is 194 Å². The maximum absolute atomic E-state index is 13.9. The van der Waals surface area contributed by atoms with Gasteiger partial charge >= 0.3 is 11.9 Å². The molecule has 4 aromatic heterocycles. The van der Waals surface area contributed by atoms with Crippen LogP contribution in [0.15, 0.2) is 117 Å². The largest absolute Gasteiger partial charge is 0.480 e. The molecule has 0 aliphatic rings. The number of aliphatic carboxylic acids is 2. The van der Waals surface area contributed by atoms with E-state index >= 15 is 0 Å². The highest BCUT2D eigenvalue weighted by Crippen LogP contribution is 2.25. The Kier molecular flexibility index (Phi) is 45.5. The molecule has 0 bridgehead atoms. The summed E-state index contributed by atoms with van der Waals surface area (Å²) < 4.78 is 115. The molecule has 44 heteroatoms. The smallest absolute Gasteiger partial charge is 0.323 e. The fourth-order valence-electron chi connectivity index (χ4n) is 13.6. The number of aryl methyl sites for hydroxylation is 8. The third-order valence-corrected chi connectivity index (χ3v) is 23.1. The lowest BCUT2D eigenvalue weighted by Gasteiger charge is -2.19. The molecule has 8 aromatic rings. The molecule has 0 aliphatic carbocycles. The van der Waals surface area contributed by atoms with Crippen LogP contribution in [0.2, 0.25) is 0 Å². The van der Waals surface area contributed by atoms with Crippen LogP contribution in [0.3, 0.4) is 0 Å². The summed E-state index contributed by atoms with van der Waals surface area (Å²) in [7, 11) is -7.75. The second-order valence-electron chi connectivity index (χ2n) is 29.6. The lowest BCUT2D eigenvalue weighted by atomic mass is 10.1. The molecule has 39 nitrogen and oxygen atoms in total. The fourth-order valence-corrected chi connectivity index (χ4v) is 16.9. The molecule has 1 unspecified atom stereocenters. The second kappa shape index (κ2) is 55.8. The van der Waals surface area contributed by atoms with Gasteiger partial charge in [-0.3, -0.25) is 76.4 Å². The lowest BCUT2D eigenvalue weighted by Crippen LogP contribution is -2.49. The van der Waals surface area contributed by atoms with Gasteiger partial charge in [0.2, 0.25) is 60.4 Å². The monoisotopic (exact) mass is 1870 g/mol. The van der Waals surface area contributed by atoms with E-state index in [1.807, 2.05) is 0 Å². The third-order valence-electron chi connectivity index (χ3n) is 19.5. The molecule has 0 saturated carbocycles. The molecule has 4 aromatic carbocycles. The van der Waals surface area contributed by atoms with Crippen molar-refractivity contribution in [3.8, 4) is 0 Å². The van der Waals surface area contributed by atoms with Gasteiger partial charge < -0.3 is 92.0 Å². The number of rotatable bonds is 54. The maximum Gasteiger partial charge on any atom is 0.323 e. The van der Waals surface area contributed by atoms with Gasteiger partial charge in [0.1, 0.15) is 23.2 Å². The summed E-state index contributed by atoms with van der Waals surface area (Å²) >= 11 is 0. The minimum Gasteiger partial charge on any atom is -0.480 e. The first kappa shape index (κ1) is 106. The fraction of sp³-hybridized carbons (Fsp3) is 0.453. The number of carbonyl (C=O) groups excluding carboxylic acids is 8. The van der Waals surface area contributed by atoms with Crippen LogP contribution in [0.4, 0.5) is 25.4 Å². The van der Waals surface area contributed by atoms with Crippen molar-refractivity contribution >= 4 is 119 Å². The number of halogens is 3. The number of carbonyl (C=O) groups is 10. The second-order valence-corrected chi connectivity index (χ2v) is 32.9. The number of anilines is 2. The number of aromatic amines is 2. The van der Waals surface area contributed by atoms with Crippen molar-refractivity contribution in [2.45, 2.75) is 174 Å². The van der Waals surface area contributed by atoms with Crippen LogP contribution in [0.25, 0.3) is 21.8 Å². The van der Waals surface area contributed by atoms with Gasteiger partial charge in [-0.25, -0.2) is 26.8 Å². The van der Waals surface area contributed by atoms with Gasteiger partial charge in [-0.05, 0) is 138 Å². The van der Waals surface area contributed by atoms with Crippen LogP contribution in [-0.4, -0.2) is 228 Å². The average Bonchev–Trinajstić information content (AvgIpc) is 0.950. The summed E-state index contributed by atoms with van der Waals surface area (Å²) in [6.07, 6.45) is 11.1. The predicted molar refractivity (Wildman–Crippen MR) is 486 cm³/mol. The lowest BCUT2D eigenvalue weighted by molar-refractivity contribution is -0.139. The summed E-state index contributed by atoms with van der Waals surface area (Å²) in [6.45, 7) is 12.1. The van der Waals surface area contributed by atoms with Crippen molar-refractivity contribution in [3.63, 3.8) is 0 Å². The molecule has 130 heavy (non-hydrogen) atoms. The number of ether oxygens (including phenoxy) is 2. The Morgan fingerprint density at radius 1 is 0.492 bits per heavy atom. The maximum atomic E-state index is 13.9. The number of imidazole rings is 2. The van der Waals surface area contributed by atoms with Crippen LogP contribution >= 0.6 is 0 Å². The van der Waals surface area contributed by atoms with Crippen LogP contribution in [0, 0.1) is 47.0 Å². The van der Waals surface area contributed by atoms with E-state index in [1.54, 1.807) is 136 Å². The first-order valence-electron chi connectivity index (χ1n) is 42.7. The molecule has 8 rings (SSSR count). The van der Waals surface area contributed by atoms with Crippen molar-refractivity contribution in [3.05, 3.63) is 174 Å². The van der Waals surface area contributed by atoms with Crippen molar-refractivity contribution < 1.29 is 101 Å². The van der Waals surface area contributed by atoms with E-state index in [0.717, 1.165) is 22.3 Å². The number of alkyl halides is 2. The average molecular weight is 1870 g/mol. The van der Waals surface area contributed by atoms with Gasteiger partial charge in [0.05, 0.1) is 40.9 Å². The van der Waals surface area contributed by atoms with Gasteiger partial charge in [-0.1, -0.05) is 55.0 Å². The Bertz CT molecular complexity index is 5500.